The second-order valence-corrected chi connectivity index (χ2v) is 7.92. The first-order valence-electron chi connectivity index (χ1n) is 9.21. The lowest BCUT2D eigenvalue weighted by Crippen LogP contribution is -2.22. The van der Waals surface area contributed by atoms with Crippen molar-refractivity contribution in [2.45, 2.75) is 25.8 Å². The van der Waals surface area contributed by atoms with Gasteiger partial charge in [-0.05, 0) is 61.2 Å². The minimum Gasteiger partial charge on any atom is -0.293 e. The van der Waals surface area contributed by atoms with E-state index < -0.39 is 0 Å². The third kappa shape index (κ3) is 3.12. The van der Waals surface area contributed by atoms with E-state index in [2.05, 4.69) is 4.98 Å². The lowest BCUT2D eigenvalue weighted by molar-refractivity contribution is 0.626. The van der Waals surface area contributed by atoms with E-state index in [0.717, 1.165) is 41.9 Å². The number of hydrogen-bond donors (Lipinski definition) is 0. The summed E-state index contributed by atoms with van der Waals surface area (Å²) in [7, 11) is 0. The van der Waals surface area contributed by atoms with Gasteiger partial charge in [0.2, 0.25) is 0 Å². The zero-order chi connectivity index (χ0) is 20.1. The van der Waals surface area contributed by atoms with Crippen molar-refractivity contribution in [3.05, 3.63) is 85.9 Å². The number of rotatable bonds is 3. The lowest BCUT2D eigenvalue weighted by Gasteiger charge is -2.08. The molecule has 29 heavy (non-hydrogen) atoms. The molecule has 0 saturated carbocycles. The molecule has 5 rings (SSSR count). The van der Waals surface area contributed by atoms with Crippen LogP contribution in [0.5, 0.6) is 0 Å². The normalized spacial score (nSPS) is 13.2. The van der Waals surface area contributed by atoms with Crippen molar-refractivity contribution >= 4 is 34.1 Å². The summed E-state index contributed by atoms with van der Waals surface area (Å²) in [6, 6.07) is 9.40. The zero-order valence-corrected chi connectivity index (χ0v) is 16.7. The zero-order valence-electron chi connectivity index (χ0n) is 15.2. The van der Waals surface area contributed by atoms with Crippen LogP contribution in [0, 0.1) is 5.82 Å². The number of hydrogen-bond acceptors (Lipinski definition) is 3. The number of fused-ring (bicyclic) bond motifs is 2. The molecular weight excluding hydrogens is 414 g/mol. The van der Waals surface area contributed by atoms with Gasteiger partial charge in [-0.25, -0.2) is 14.1 Å². The topological polar surface area (TPSA) is 52.7 Å². The predicted molar refractivity (Wildman–Crippen MR) is 111 cm³/mol. The summed E-state index contributed by atoms with van der Waals surface area (Å²) in [5, 5.41) is 5.85. The Kier molecular flexibility index (Phi) is 4.41. The molecule has 0 aliphatic heterocycles. The van der Waals surface area contributed by atoms with Gasteiger partial charge >= 0.3 is 0 Å². The van der Waals surface area contributed by atoms with E-state index in [-0.39, 0.29) is 11.4 Å². The highest BCUT2D eigenvalue weighted by molar-refractivity contribution is 6.38. The molecule has 4 aromatic rings. The maximum Gasteiger partial charge on any atom is 0.261 e. The van der Waals surface area contributed by atoms with E-state index in [1.165, 1.54) is 23.0 Å². The molecule has 5 nitrogen and oxygen atoms in total. The Morgan fingerprint density at radius 1 is 1.10 bits per heavy atom. The number of aromatic nitrogens is 4. The molecule has 0 amide bonds. The first-order chi connectivity index (χ1) is 14.0. The molecule has 146 valence electrons. The molecule has 2 aromatic carbocycles. The lowest BCUT2D eigenvalue weighted by atomic mass is 10.2. The molecule has 0 radical (unpaired) electrons. The summed E-state index contributed by atoms with van der Waals surface area (Å²) in [6.45, 7) is 0.294. The van der Waals surface area contributed by atoms with Gasteiger partial charge in [-0.3, -0.25) is 9.36 Å². The Balaban J connectivity index is 1.60. The highest BCUT2D eigenvalue weighted by Gasteiger charge is 2.24. The predicted octanol–water partition coefficient (Wildman–Crippen LogP) is 4.57. The van der Waals surface area contributed by atoms with Crippen molar-refractivity contribution < 1.29 is 4.39 Å². The standard InChI is InChI=1S/C21H15Cl2FN4O/c22-12-8-16-20(17(23)9-12)25-11-27(21(16)29)10-18-15-2-1-3-19(15)28(26-18)14-6-4-13(24)5-7-14/h4-9,11H,1-3,10H2. The van der Waals surface area contributed by atoms with Crippen LogP contribution in [0.25, 0.3) is 16.6 Å². The van der Waals surface area contributed by atoms with Crippen LogP contribution in [0.15, 0.2) is 47.5 Å². The Morgan fingerprint density at radius 3 is 2.69 bits per heavy atom. The molecule has 0 unspecified atom stereocenters. The molecular formula is C21H15Cl2FN4O. The number of halogens is 3. The average Bonchev–Trinajstić information content (AvgIpc) is 3.29. The average molecular weight is 429 g/mol. The van der Waals surface area contributed by atoms with Crippen LogP contribution in [0.2, 0.25) is 10.0 Å². The third-order valence-electron chi connectivity index (χ3n) is 5.25. The fraction of sp³-hybridized carbons (Fsp3) is 0.190. The van der Waals surface area contributed by atoms with Gasteiger partial charge in [0.25, 0.3) is 5.56 Å². The van der Waals surface area contributed by atoms with E-state index in [0.29, 0.717) is 27.5 Å². The first kappa shape index (κ1) is 18.3. The molecule has 2 aromatic heterocycles. The van der Waals surface area contributed by atoms with E-state index in [1.807, 2.05) is 4.68 Å². The van der Waals surface area contributed by atoms with Crippen molar-refractivity contribution in [3.8, 4) is 5.69 Å². The van der Waals surface area contributed by atoms with Gasteiger partial charge in [0, 0.05) is 10.7 Å². The largest absolute Gasteiger partial charge is 0.293 e. The fourth-order valence-electron chi connectivity index (χ4n) is 3.91. The minimum atomic E-state index is -0.288. The molecule has 8 heteroatoms. The molecule has 0 atom stereocenters. The van der Waals surface area contributed by atoms with E-state index in [1.54, 1.807) is 24.3 Å². The Labute approximate surface area is 175 Å². The van der Waals surface area contributed by atoms with Gasteiger partial charge in [-0.1, -0.05) is 23.2 Å². The van der Waals surface area contributed by atoms with Gasteiger partial charge < -0.3 is 0 Å². The van der Waals surface area contributed by atoms with Gasteiger partial charge in [-0.15, -0.1) is 0 Å². The minimum absolute atomic E-state index is 0.220. The second-order valence-electron chi connectivity index (χ2n) is 7.08. The monoisotopic (exact) mass is 428 g/mol. The number of benzene rings is 2. The van der Waals surface area contributed by atoms with Crippen LogP contribution in [0.3, 0.4) is 0 Å². The highest BCUT2D eigenvalue weighted by atomic mass is 35.5. The molecule has 0 bridgehead atoms. The van der Waals surface area contributed by atoms with Crippen molar-refractivity contribution in [2.75, 3.05) is 0 Å². The van der Waals surface area contributed by atoms with Crippen LogP contribution in [-0.4, -0.2) is 19.3 Å². The summed E-state index contributed by atoms with van der Waals surface area (Å²) in [6.07, 6.45) is 4.31. The Hall–Kier alpha value is -2.70. The molecule has 2 heterocycles. The van der Waals surface area contributed by atoms with Crippen LogP contribution in [0.4, 0.5) is 4.39 Å². The Bertz CT molecular complexity index is 1310. The van der Waals surface area contributed by atoms with Gasteiger partial charge in [-0.2, -0.15) is 5.10 Å². The summed E-state index contributed by atoms with van der Waals surface area (Å²) in [5.41, 5.74) is 4.09. The second kappa shape index (κ2) is 6.97. The van der Waals surface area contributed by atoms with E-state index in [9.17, 15) is 9.18 Å². The van der Waals surface area contributed by atoms with Gasteiger partial charge in [0.1, 0.15) is 5.82 Å². The van der Waals surface area contributed by atoms with Gasteiger partial charge in [0.15, 0.2) is 0 Å². The third-order valence-corrected chi connectivity index (χ3v) is 5.76. The van der Waals surface area contributed by atoms with Crippen molar-refractivity contribution in [1.29, 1.82) is 0 Å². The molecule has 0 N–H and O–H groups in total. The summed E-state index contributed by atoms with van der Waals surface area (Å²) < 4.78 is 16.7. The summed E-state index contributed by atoms with van der Waals surface area (Å²) in [5.74, 6) is -0.288. The maximum absolute atomic E-state index is 13.3. The van der Waals surface area contributed by atoms with Crippen LogP contribution >= 0.6 is 23.2 Å². The van der Waals surface area contributed by atoms with E-state index in [4.69, 9.17) is 28.3 Å². The fourth-order valence-corrected chi connectivity index (χ4v) is 4.45. The van der Waals surface area contributed by atoms with Crippen LogP contribution in [0.1, 0.15) is 23.4 Å². The molecule has 1 aliphatic rings. The number of nitrogens with zero attached hydrogens (tertiary/aromatic N) is 4. The van der Waals surface area contributed by atoms with Crippen molar-refractivity contribution in [1.82, 2.24) is 19.3 Å². The van der Waals surface area contributed by atoms with Gasteiger partial charge in [0.05, 0.1) is 40.2 Å². The Morgan fingerprint density at radius 2 is 1.90 bits per heavy atom. The maximum atomic E-state index is 13.3. The molecule has 1 aliphatic carbocycles. The van der Waals surface area contributed by atoms with Crippen LogP contribution < -0.4 is 5.56 Å². The SMILES string of the molecule is O=c1c2cc(Cl)cc(Cl)c2ncn1Cc1nn(-c2ccc(F)cc2)c2c1CCC2. The molecule has 0 fully saturated rings. The summed E-state index contributed by atoms with van der Waals surface area (Å²) in [4.78, 5) is 17.3. The van der Waals surface area contributed by atoms with Crippen molar-refractivity contribution in [3.63, 3.8) is 0 Å². The van der Waals surface area contributed by atoms with E-state index >= 15 is 0 Å². The highest BCUT2D eigenvalue weighted by Crippen LogP contribution is 2.29. The first-order valence-corrected chi connectivity index (χ1v) is 9.96. The van der Waals surface area contributed by atoms with Crippen LogP contribution in [-0.2, 0) is 19.4 Å². The smallest absolute Gasteiger partial charge is 0.261 e. The quantitative estimate of drug-likeness (QED) is 0.480. The molecule has 0 saturated heterocycles. The summed E-state index contributed by atoms with van der Waals surface area (Å²) >= 11 is 12.2. The molecule has 0 spiro atoms. The van der Waals surface area contributed by atoms with Crippen molar-refractivity contribution in [2.24, 2.45) is 0 Å².